The fourth-order valence-corrected chi connectivity index (χ4v) is 2.58. The first-order valence-electron chi connectivity index (χ1n) is 6.08. The van der Waals surface area contributed by atoms with Gasteiger partial charge in [0.25, 0.3) is 0 Å². The second-order valence-corrected chi connectivity index (χ2v) is 4.76. The van der Waals surface area contributed by atoms with Gasteiger partial charge < -0.3 is 4.74 Å². The lowest BCUT2D eigenvalue weighted by Crippen LogP contribution is -2.30. The molecule has 2 nitrogen and oxygen atoms in total. The Balaban J connectivity index is 2.05. The van der Waals surface area contributed by atoms with E-state index in [9.17, 15) is 0 Å². The van der Waals surface area contributed by atoms with E-state index < -0.39 is 0 Å². The van der Waals surface area contributed by atoms with E-state index in [2.05, 4.69) is 11.9 Å². The van der Waals surface area contributed by atoms with Crippen LogP contribution in [0.25, 0.3) is 0 Å². The van der Waals surface area contributed by atoms with Crippen LogP contribution >= 0.6 is 11.6 Å². The van der Waals surface area contributed by atoms with Crippen LogP contribution in [0, 0.1) is 5.92 Å². The maximum atomic E-state index is 6.00. The number of rotatable bonds is 3. The van der Waals surface area contributed by atoms with E-state index in [0.717, 1.165) is 12.2 Å². The van der Waals surface area contributed by atoms with Gasteiger partial charge in [-0.3, -0.25) is 0 Å². The van der Waals surface area contributed by atoms with E-state index in [1.54, 1.807) is 6.20 Å². The molecule has 1 saturated carbocycles. The van der Waals surface area contributed by atoms with Crippen molar-refractivity contribution in [1.29, 1.82) is 0 Å². The van der Waals surface area contributed by atoms with E-state index in [1.165, 1.54) is 25.7 Å². The van der Waals surface area contributed by atoms with E-state index in [0.29, 0.717) is 17.2 Å². The molecular formula is C13H18ClNO. The van der Waals surface area contributed by atoms with Crippen LogP contribution in [0.3, 0.4) is 0 Å². The van der Waals surface area contributed by atoms with Crippen LogP contribution in [-0.2, 0) is 0 Å². The summed E-state index contributed by atoms with van der Waals surface area (Å²) in [4.78, 5) is 4.04. The minimum atomic E-state index is 0.320. The van der Waals surface area contributed by atoms with Gasteiger partial charge in [0.15, 0.2) is 10.9 Å². The van der Waals surface area contributed by atoms with Gasteiger partial charge in [-0.05, 0) is 43.7 Å². The third-order valence-corrected chi connectivity index (χ3v) is 3.65. The van der Waals surface area contributed by atoms with Gasteiger partial charge in [-0.15, -0.1) is 0 Å². The summed E-state index contributed by atoms with van der Waals surface area (Å²) in [5, 5.41) is 0.475. The second-order valence-electron chi connectivity index (χ2n) is 4.40. The zero-order valence-electron chi connectivity index (χ0n) is 9.66. The normalized spacial score (nSPS) is 25.4. The van der Waals surface area contributed by atoms with Gasteiger partial charge in [0.2, 0.25) is 0 Å². The van der Waals surface area contributed by atoms with Gasteiger partial charge in [-0.1, -0.05) is 24.9 Å². The molecule has 1 aliphatic rings. The summed E-state index contributed by atoms with van der Waals surface area (Å²) in [6, 6.07) is 3.77. The van der Waals surface area contributed by atoms with Crippen molar-refractivity contribution >= 4 is 11.6 Å². The molecule has 0 bridgehead atoms. The molecule has 0 amide bonds. The third-order valence-electron chi connectivity index (χ3n) is 3.37. The molecule has 2 unspecified atom stereocenters. The van der Waals surface area contributed by atoms with Gasteiger partial charge >= 0.3 is 0 Å². The molecule has 16 heavy (non-hydrogen) atoms. The maximum Gasteiger partial charge on any atom is 0.171 e. The predicted octanol–water partition coefficient (Wildman–Crippen LogP) is 4.08. The number of ether oxygens (including phenoxy) is 1. The Hall–Kier alpha value is -0.760. The molecule has 1 aromatic rings. The predicted molar refractivity (Wildman–Crippen MR) is 65.9 cm³/mol. The first-order chi connectivity index (χ1) is 7.81. The first-order valence-corrected chi connectivity index (χ1v) is 6.46. The number of halogens is 1. The van der Waals surface area contributed by atoms with Crippen molar-refractivity contribution in [3.05, 3.63) is 23.5 Å². The SMILES string of the molecule is CCC1CCCCC1Oc1cccnc1Cl. The van der Waals surface area contributed by atoms with Crippen LogP contribution in [-0.4, -0.2) is 11.1 Å². The van der Waals surface area contributed by atoms with Crippen LogP contribution in [0.5, 0.6) is 5.75 Å². The van der Waals surface area contributed by atoms with Crippen LogP contribution in [0.1, 0.15) is 39.0 Å². The van der Waals surface area contributed by atoms with Crippen LogP contribution in [0.4, 0.5) is 0 Å². The van der Waals surface area contributed by atoms with E-state index in [4.69, 9.17) is 16.3 Å². The number of hydrogen-bond donors (Lipinski definition) is 0. The maximum absolute atomic E-state index is 6.00. The molecule has 0 radical (unpaired) electrons. The Labute approximate surface area is 102 Å². The Morgan fingerprint density at radius 2 is 2.25 bits per heavy atom. The molecule has 1 heterocycles. The van der Waals surface area contributed by atoms with Crippen molar-refractivity contribution in [2.24, 2.45) is 5.92 Å². The average Bonchev–Trinajstić information content (AvgIpc) is 2.33. The van der Waals surface area contributed by atoms with Gasteiger partial charge in [-0.25, -0.2) is 4.98 Å². The fraction of sp³-hybridized carbons (Fsp3) is 0.615. The quantitative estimate of drug-likeness (QED) is 0.742. The van der Waals surface area contributed by atoms with E-state index in [-0.39, 0.29) is 0 Å². The standard InChI is InChI=1S/C13H18ClNO/c1-2-10-6-3-4-7-11(10)16-12-8-5-9-15-13(12)14/h5,8-11H,2-4,6-7H2,1H3. The molecule has 2 atom stereocenters. The Morgan fingerprint density at radius 3 is 3.00 bits per heavy atom. The third kappa shape index (κ3) is 2.67. The van der Waals surface area contributed by atoms with Crippen LogP contribution in [0.15, 0.2) is 18.3 Å². The minimum absolute atomic E-state index is 0.320. The summed E-state index contributed by atoms with van der Waals surface area (Å²) in [6.45, 7) is 2.23. The lowest BCUT2D eigenvalue weighted by Gasteiger charge is -2.31. The molecule has 1 aromatic heterocycles. The van der Waals surface area contributed by atoms with Gasteiger partial charge in [0.05, 0.1) is 0 Å². The van der Waals surface area contributed by atoms with Crippen molar-refractivity contribution in [1.82, 2.24) is 4.98 Å². The topological polar surface area (TPSA) is 22.1 Å². The minimum Gasteiger partial charge on any atom is -0.487 e. The highest BCUT2D eigenvalue weighted by atomic mass is 35.5. The number of hydrogen-bond acceptors (Lipinski definition) is 2. The summed E-state index contributed by atoms with van der Waals surface area (Å²) >= 11 is 6.00. The molecule has 0 aromatic carbocycles. The highest BCUT2D eigenvalue weighted by molar-refractivity contribution is 6.30. The average molecular weight is 240 g/mol. The zero-order chi connectivity index (χ0) is 11.4. The molecule has 1 aliphatic carbocycles. The van der Waals surface area contributed by atoms with Gasteiger partial charge in [-0.2, -0.15) is 0 Å². The number of nitrogens with zero attached hydrogens (tertiary/aromatic N) is 1. The lowest BCUT2D eigenvalue weighted by atomic mass is 9.85. The molecule has 2 rings (SSSR count). The van der Waals surface area contributed by atoms with E-state index >= 15 is 0 Å². The molecule has 0 spiro atoms. The van der Waals surface area contributed by atoms with Crippen molar-refractivity contribution in [3.63, 3.8) is 0 Å². The molecule has 3 heteroatoms. The summed E-state index contributed by atoms with van der Waals surface area (Å²) in [6.07, 6.45) is 8.21. The summed E-state index contributed by atoms with van der Waals surface area (Å²) in [5.41, 5.74) is 0. The highest BCUT2D eigenvalue weighted by Crippen LogP contribution is 2.32. The molecule has 0 N–H and O–H groups in total. The van der Waals surface area contributed by atoms with Crippen molar-refractivity contribution in [2.75, 3.05) is 0 Å². The Kier molecular flexibility index (Phi) is 4.05. The summed E-state index contributed by atoms with van der Waals surface area (Å²) in [5.74, 6) is 1.40. The number of pyridine rings is 1. The largest absolute Gasteiger partial charge is 0.487 e. The molecule has 88 valence electrons. The fourth-order valence-electron chi connectivity index (χ4n) is 2.42. The van der Waals surface area contributed by atoms with Crippen LogP contribution in [0.2, 0.25) is 5.15 Å². The Bertz CT molecular complexity index is 342. The molecule has 1 fully saturated rings. The van der Waals surface area contributed by atoms with E-state index in [1.807, 2.05) is 12.1 Å². The molecular weight excluding hydrogens is 222 g/mol. The smallest absolute Gasteiger partial charge is 0.171 e. The number of aromatic nitrogens is 1. The van der Waals surface area contributed by atoms with Crippen molar-refractivity contribution < 1.29 is 4.74 Å². The first kappa shape index (κ1) is 11.7. The monoisotopic (exact) mass is 239 g/mol. The summed E-state index contributed by atoms with van der Waals surface area (Å²) < 4.78 is 6.00. The zero-order valence-corrected chi connectivity index (χ0v) is 10.4. The molecule has 0 aliphatic heterocycles. The lowest BCUT2D eigenvalue weighted by molar-refractivity contribution is 0.0901. The van der Waals surface area contributed by atoms with Crippen molar-refractivity contribution in [3.8, 4) is 5.75 Å². The molecule has 0 saturated heterocycles. The Morgan fingerprint density at radius 1 is 1.44 bits per heavy atom. The van der Waals surface area contributed by atoms with Gasteiger partial charge in [0.1, 0.15) is 6.10 Å². The van der Waals surface area contributed by atoms with Crippen molar-refractivity contribution in [2.45, 2.75) is 45.1 Å². The van der Waals surface area contributed by atoms with Gasteiger partial charge in [0, 0.05) is 6.20 Å². The second kappa shape index (κ2) is 5.53. The van der Waals surface area contributed by atoms with Crippen LogP contribution < -0.4 is 4.74 Å². The highest BCUT2D eigenvalue weighted by Gasteiger charge is 2.25. The summed E-state index contributed by atoms with van der Waals surface area (Å²) in [7, 11) is 0.